The Bertz CT molecular complexity index is 851. The molecule has 0 aliphatic carbocycles. The summed E-state index contributed by atoms with van der Waals surface area (Å²) in [4.78, 5) is 27.0. The zero-order chi connectivity index (χ0) is 21.3. The van der Waals surface area contributed by atoms with Crippen molar-refractivity contribution in [3.63, 3.8) is 0 Å². The zero-order valence-corrected chi connectivity index (χ0v) is 18.0. The number of anilines is 1. The van der Waals surface area contributed by atoms with E-state index >= 15 is 0 Å². The third-order valence-electron chi connectivity index (χ3n) is 5.83. The highest BCUT2D eigenvalue weighted by Gasteiger charge is 2.24. The third kappa shape index (κ3) is 6.34. The van der Waals surface area contributed by atoms with Crippen LogP contribution >= 0.6 is 0 Å². The van der Waals surface area contributed by atoms with E-state index < -0.39 is 0 Å². The molecule has 1 aliphatic rings. The Morgan fingerprint density at radius 1 is 1.13 bits per heavy atom. The van der Waals surface area contributed by atoms with Gasteiger partial charge in [-0.25, -0.2) is 0 Å². The molecule has 1 aliphatic heterocycles. The van der Waals surface area contributed by atoms with Crippen molar-refractivity contribution in [1.82, 2.24) is 4.90 Å². The first-order valence-corrected chi connectivity index (χ1v) is 10.8. The second-order valence-corrected chi connectivity index (χ2v) is 8.10. The van der Waals surface area contributed by atoms with Crippen molar-refractivity contribution < 1.29 is 14.3 Å². The van der Waals surface area contributed by atoms with Gasteiger partial charge in [0.25, 0.3) is 0 Å². The average Bonchev–Trinajstić information content (AvgIpc) is 2.78. The summed E-state index contributed by atoms with van der Waals surface area (Å²) in [6, 6.07) is 15.8. The quantitative estimate of drug-likeness (QED) is 0.695. The van der Waals surface area contributed by atoms with Gasteiger partial charge in [-0.15, -0.1) is 0 Å². The number of carbonyl (C=O) groups is 2. The number of amides is 2. The largest absolute Gasteiger partial charge is 0.497 e. The van der Waals surface area contributed by atoms with E-state index in [0.29, 0.717) is 18.8 Å². The van der Waals surface area contributed by atoms with E-state index in [2.05, 4.69) is 17.4 Å². The van der Waals surface area contributed by atoms with Gasteiger partial charge in [0, 0.05) is 31.6 Å². The summed E-state index contributed by atoms with van der Waals surface area (Å²) in [6.45, 7) is 3.56. The van der Waals surface area contributed by atoms with E-state index in [1.807, 2.05) is 48.2 Å². The summed E-state index contributed by atoms with van der Waals surface area (Å²) >= 11 is 0. The summed E-state index contributed by atoms with van der Waals surface area (Å²) in [5.74, 6) is 1.42. The van der Waals surface area contributed by atoms with E-state index in [4.69, 9.17) is 4.74 Å². The molecule has 0 aromatic heterocycles. The number of likely N-dealkylation sites (tertiary alicyclic amines) is 1. The number of benzene rings is 2. The first-order chi connectivity index (χ1) is 14.5. The van der Waals surface area contributed by atoms with Crippen molar-refractivity contribution in [2.75, 3.05) is 25.5 Å². The number of nitrogens with zero attached hydrogens (tertiary/aromatic N) is 1. The number of piperidine rings is 1. The number of hydrogen-bond donors (Lipinski definition) is 1. The molecule has 2 amide bonds. The Balaban J connectivity index is 1.43. The van der Waals surface area contributed by atoms with Crippen LogP contribution in [0.5, 0.6) is 5.75 Å². The first-order valence-electron chi connectivity index (χ1n) is 10.8. The third-order valence-corrected chi connectivity index (χ3v) is 5.83. The lowest BCUT2D eigenvalue weighted by molar-refractivity contribution is -0.133. The fraction of sp³-hybridized carbons (Fsp3) is 0.440. The van der Waals surface area contributed by atoms with Crippen LogP contribution in [0, 0.1) is 12.8 Å². The van der Waals surface area contributed by atoms with Crippen LogP contribution in [0.2, 0.25) is 0 Å². The van der Waals surface area contributed by atoms with Gasteiger partial charge in [-0.05, 0) is 67.9 Å². The number of ether oxygens (including phenoxy) is 1. The summed E-state index contributed by atoms with van der Waals surface area (Å²) in [7, 11) is 1.63. The van der Waals surface area contributed by atoms with E-state index in [-0.39, 0.29) is 11.8 Å². The van der Waals surface area contributed by atoms with Gasteiger partial charge in [-0.3, -0.25) is 9.59 Å². The molecule has 1 fully saturated rings. The molecule has 1 saturated heterocycles. The SMILES string of the molecule is COc1ccc(NC(=O)CCC2CCCN(C(=O)CCc3ccccc3)C2)c(C)c1. The highest BCUT2D eigenvalue weighted by Crippen LogP contribution is 2.24. The van der Waals surface area contributed by atoms with E-state index in [0.717, 1.165) is 55.8 Å². The van der Waals surface area contributed by atoms with Crippen molar-refractivity contribution in [3.8, 4) is 5.75 Å². The summed E-state index contributed by atoms with van der Waals surface area (Å²) < 4.78 is 5.21. The Morgan fingerprint density at radius 2 is 1.93 bits per heavy atom. The van der Waals surface area contributed by atoms with Gasteiger partial charge in [-0.1, -0.05) is 30.3 Å². The molecule has 2 aromatic rings. The standard InChI is InChI=1S/C25H32N2O3/c1-19-17-22(30-2)12-13-23(19)26-24(28)14-10-21-9-6-16-27(18-21)25(29)15-11-20-7-4-3-5-8-20/h3-5,7-8,12-13,17,21H,6,9-11,14-16,18H2,1-2H3,(H,26,28). The highest BCUT2D eigenvalue weighted by atomic mass is 16.5. The van der Waals surface area contributed by atoms with Gasteiger partial charge in [0.05, 0.1) is 7.11 Å². The number of aryl methyl sites for hydroxylation is 2. The minimum atomic E-state index is 0.0239. The van der Waals surface area contributed by atoms with Crippen LogP contribution < -0.4 is 10.1 Å². The van der Waals surface area contributed by atoms with Crippen molar-refractivity contribution in [1.29, 1.82) is 0 Å². The first kappa shape index (κ1) is 21.9. The Kier molecular flexibility index (Phi) is 7.89. The molecular formula is C25H32N2O3. The van der Waals surface area contributed by atoms with E-state index in [1.54, 1.807) is 7.11 Å². The fourth-order valence-electron chi connectivity index (χ4n) is 4.03. The molecule has 0 saturated carbocycles. The van der Waals surface area contributed by atoms with Crippen LogP contribution in [-0.2, 0) is 16.0 Å². The lowest BCUT2D eigenvalue weighted by Crippen LogP contribution is -2.40. The lowest BCUT2D eigenvalue weighted by atomic mass is 9.93. The molecule has 0 radical (unpaired) electrons. The van der Waals surface area contributed by atoms with E-state index in [9.17, 15) is 9.59 Å². The van der Waals surface area contributed by atoms with Crippen LogP contribution in [0.25, 0.3) is 0 Å². The smallest absolute Gasteiger partial charge is 0.224 e. The average molecular weight is 409 g/mol. The van der Waals surface area contributed by atoms with Gasteiger partial charge >= 0.3 is 0 Å². The molecule has 0 bridgehead atoms. The number of carbonyl (C=O) groups excluding carboxylic acids is 2. The predicted octanol–water partition coefficient (Wildman–Crippen LogP) is 4.59. The molecule has 0 spiro atoms. The molecule has 1 N–H and O–H groups in total. The lowest BCUT2D eigenvalue weighted by Gasteiger charge is -2.33. The maximum absolute atomic E-state index is 12.6. The molecule has 2 aromatic carbocycles. The van der Waals surface area contributed by atoms with Crippen molar-refractivity contribution in [2.45, 2.75) is 45.4 Å². The summed E-state index contributed by atoms with van der Waals surface area (Å²) in [6.07, 6.45) is 4.71. The van der Waals surface area contributed by atoms with Crippen LogP contribution in [0.1, 0.15) is 43.2 Å². The Morgan fingerprint density at radius 3 is 2.67 bits per heavy atom. The van der Waals surface area contributed by atoms with Gasteiger partial charge in [0.1, 0.15) is 5.75 Å². The highest BCUT2D eigenvalue weighted by molar-refractivity contribution is 5.91. The van der Waals surface area contributed by atoms with Crippen LogP contribution in [0.4, 0.5) is 5.69 Å². The van der Waals surface area contributed by atoms with Gasteiger partial charge in [0.2, 0.25) is 11.8 Å². The normalized spacial score (nSPS) is 16.2. The maximum atomic E-state index is 12.6. The number of nitrogens with one attached hydrogen (secondary N) is 1. The Labute approximate surface area is 179 Å². The minimum absolute atomic E-state index is 0.0239. The van der Waals surface area contributed by atoms with Gasteiger partial charge < -0.3 is 15.0 Å². The number of rotatable bonds is 8. The van der Waals surface area contributed by atoms with Crippen LogP contribution in [0.3, 0.4) is 0 Å². The molecule has 1 unspecified atom stereocenters. The predicted molar refractivity (Wildman–Crippen MR) is 120 cm³/mol. The Hall–Kier alpha value is -2.82. The van der Waals surface area contributed by atoms with Crippen LogP contribution in [-0.4, -0.2) is 36.9 Å². The van der Waals surface area contributed by atoms with Crippen LogP contribution in [0.15, 0.2) is 48.5 Å². The molecular weight excluding hydrogens is 376 g/mol. The second kappa shape index (κ2) is 10.8. The molecule has 1 atom stereocenters. The second-order valence-electron chi connectivity index (χ2n) is 8.10. The number of methoxy groups -OCH3 is 1. The van der Waals surface area contributed by atoms with Crippen molar-refractivity contribution in [3.05, 3.63) is 59.7 Å². The zero-order valence-electron chi connectivity index (χ0n) is 18.0. The van der Waals surface area contributed by atoms with E-state index in [1.165, 1.54) is 5.56 Å². The van der Waals surface area contributed by atoms with Gasteiger partial charge in [0.15, 0.2) is 0 Å². The van der Waals surface area contributed by atoms with Gasteiger partial charge in [-0.2, -0.15) is 0 Å². The fourth-order valence-corrected chi connectivity index (χ4v) is 4.03. The molecule has 1 heterocycles. The molecule has 5 heteroatoms. The summed E-state index contributed by atoms with van der Waals surface area (Å²) in [5, 5.41) is 3.00. The summed E-state index contributed by atoms with van der Waals surface area (Å²) in [5.41, 5.74) is 3.00. The maximum Gasteiger partial charge on any atom is 0.224 e. The topological polar surface area (TPSA) is 58.6 Å². The molecule has 3 rings (SSSR count). The van der Waals surface area contributed by atoms with Crippen molar-refractivity contribution in [2.24, 2.45) is 5.92 Å². The molecule has 5 nitrogen and oxygen atoms in total. The molecule has 30 heavy (non-hydrogen) atoms. The monoisotopic (exact) mass is 408 g/mol. The number of hydrogen-bond acceptors (Lipinski definition) is 3. The minimum Gasteiger partial charge on any atom is -0.497 e. The molecule has 160 valence electrons. The van der Waals surface area contributed by atoms with Crippen molar-refractivity contribution >= 4 is 17.5 Å².